The third-order valence-electron chi connectivity index (χ3n) is 5.75. The van der Waals surface area contributed by atoms with Crippen LogP contribution < -0.4 is 0 Å². The molecule has 1 saturated heterocycles. The highest BCUT2D eigenvalue weighted by molar-refractivity contribution is 6.30. The van der Waals surface area contributed by atoms with Crippen molar-refractivity contribution in [2.45, 2.75) is 13.5 Å². The van der Waals surface area contributed by atoms with Crippen molar-refractivity contribution in [3.05, 3.63) is 76.7 Å². The fourth-order valence-electron chi connectivity index (χ4n) is 3.97. The number of benzene rings is 2. The zero-order valence-corrected chi connectivity index (χ0v) is 18.9. The number of hydrogen-bond acceptors (Lipinski definition) is 4. The Kier molecular flexibility index (Phi) is 6.66. The lowest BCUT2D eigenvalue weighted by atomic mass is 10.1. The van der Waals surface area contributed by atoms with Crippen molar-refractivity contribution in [3.8, 4) is 17.1 Å². The fourth-order valence-corrected chi connectivity index (χ4v) is 4.10. The summed E-state index contributed by atoms with van der Waals surface area (Å²) in [7, 11) is 2.19. The molecule has 1 aliphatic rings. The molecule has 5 nitrogen and oxygen atoms in total. The molecule has 0 amide bonds. The number of rotatable bonds is 6. The minimum atomic E-state index is 0.716. The number of hydrogen-bond donors (Lipinski definition) is 0. The van der Waals surface area contributed by atoms with Crippen molar-refractivity contribution in [2.24, 2.45) is 4.99 Å². The van der Waals surface area contributed by atoms with Crippen LogP contribution in [0.2, 0.25) is 5.02 Å². The van der Waals surface area contributed by atoms with Gasteiger partial charge in [-0.2, -0.15) is 0 Å². The maximum Gasteiger partial charge on any atom is 0.145 e. The molecule has 0 N–H and O–H groups in total. The van der Waals surface area contributed by atoms with Crippen molar-refractivity contribution < 1.29 is 0 Å². The largest absolute Gasteiger partial charge is 0.304 e. The maximum absolute atomic E-state index is 6.13. The number of imidazole rings is 1. The number of likely N-dealkylation sites (N-methyl/N-ethyl adjacent to an activating group) is 1. The van der Waals surface area contributed by atoms with Gasteiger partial charge in [-0.25, -0.2) is 4.98 Å². The summed E-state index contributed by atoms with van der Waals surface area (Å²) in [5, 5.41) is 0.716. The third-order valence-corrected chi connectivity index (χ3v) is 6.01. The Bertz CT molecular complexity index is 1080. The molecule has 1 aromatic heterocycles. The van der Waals surface area contributed by atoms with Gasteiger partial charge in [0.15, 0.2) is 0 Å². The Labute approximate surface area is 189 Å². The van der Waals surface area contributed by atoms with Crippen LogP contribution >= 0.6 is 11.6 Å². The highest BCUT2D eigenvalue weighted by Gasteiger charge is 2.17. The van der Waals surface area contributed by atoms with Gasteiger partial charge in [-0.05, 0) is 62.7 Å². The molecule has 0 radical (unpaired) electrons. The Morgan fingerprint density at radius 2 is 1.84 bits per heavy atom. The Balaban J connectivity index is 1.72. The first-order valence-electron chi connectivity index (χ1n) is 10.5. The van der Waals surface area contributed by atoms with E-state index in [4.69, 9.17) is 16.6 Å². The van der Waals surface area contributed by atoms with Crippen LogP contribution in [-0.4, -0.2) is 59.3 Å². The Morgan fingerprint density at radius 1 is 1.10 bits per heavy atom. The van der Waals surface area contributed by atoms with Gasteiger partial charge < -0.3 is 4.90 Å². The first-order chi connectivity index (χ1) is 15.0. The minimum absolute atomic E-state index is 0.716. The highest BCUT2D eigenvalue weighted by atomic mass is 35.5. The average Bonchev–Trinajstić information content (AvgIpc) is 3.11. The number of halogens is 1. The zero-order valence-electron chi connectivity index (χ0n) is 18.1. The maximum atomic E-state index is 6.13. The van der Waals surface area contributed by atoms with Crippen LogP contribution in [0.5, 0.6) is 0 Å². The summed E-state index contributed by atoms with van der Waals surface area (Å²) < 4.78 is 2.17. The molecule has 1 fully saturated rings. The van der Waals surface area contributed by atoms with E-state index in [-0.39, 0.29) is 0 Å². The van der Waals surface area contributed by atoms with Crippen LogP contribution in [0.1, 0.15) is 17.0 Å². The third kappa shape index (κ3) is 4.96. The Hall–Kier alpha value is -2.73. The summed E-state index contributed by atoms with van der Waals surface area (Å²) in [6.07, 6.45) is 3.57. The van der Waals surface area contributed by atoms with E-state index >= 15 is 0 Å². The summed E-state index contributed by atoms with van der Waals surface area (Å²) in [5.41, 5.74) is 5.34. The molecule has 0 bridgehead atoms. The summed E-state index contributed by atoms with van der Waals surface area (Å²) in [5.74, 6) is 0.906. The van der Waals surface area contributed by atoms with Gasteiger partial charge in [0, 0.05) is 60.9 Å². The normalized spacial score (nSPS) is 15.6. The second-order valence-corrected chi connectivity index (χ2v) is 8.43. The van der Waals surface area contributed by atoms with Gasteiger partial charge in [0.25, 0.3) is 0 Å². The summed E-state index contributed by atoms with van der Waals surface area (Å²) in [6.45, 7) is 11.0. The SMILES string of the molecule is C=N/C=C\c1nc(-c2cccc(CN3CCN(C)CC3)c2)n(-c2ccc(Cl)cc2)c1C. The predicted octanol–water partition coefficient (Wildman–Crippen LogP) is 4.92. The van der Waals surface area contributed by atoms with E-state index in [1.165, 1.54) is 5.56 Å². The van der Waals surface area contributed by atoms with Gasteiger partial charge in [0.05, 0.1) is 5.69 Å². The van der Waals surface area contributed by atoms with Crippen molar-refractivity contribution in [3.63, 3.8) is 0 Å². The molecule has 2 aromatic carbocycles. The van der Waals surface area contributed by atoms with Crippen LogP contribution in [0.25, 0.3) is 23.2 Å². The smallest absolute Gasteiger partial charge is 0.145 e. The van der Waals surface area contributed by atoms with Gasteiger partial charge in [-0.15, -0.1) is 0 Å². The summed E-state index contributed by atoms with van der Waals surface area (Å²) in [6, 6.07) is 16.6. The lowest BCUT2D eigenvalue weighted by molar-refractivity contribution is 0.148. The van der Waals surface area contributed by atoms with Crippen LogP contribution in [0.3, 0.4) is 0 Å². The van der Waals surface area contributed by atoms with Crippen molar-refractivity contribution in [1.29, 1.82) is 0 Å². The molecule has 0 spiro atoms. The quantitative estimate of drug-likeness (QED) is 0.518. The number of aliphatic imine (C=N–C) groups is 1. The second-order valence-electron chi connectivity index (χ2n) is 8.00. The molecule has 2 heterocycles. The van der Waals surface area contributed by atoms with Crippen molar-refractivity contribution in [1.82, 2.24) is 19.4 Å². The first-order valence-corrected chi connectivity index (χ1v) is 10.9. The molecule has 1 aliphatic heterocycles. The van der Waals surface area contributed by atoms with E-state index < -0.39 is 0 Å². The van der Waals surface area contributed by atoms with Crippen LogP contribution in [-0.2, 0) is 6.54 Å². The summed E-state index contributed by atoms with van der Waals surface area (Å²) >= 11 is 6.13. The molecule has 0 unspecified atom stereocenters. The van der Waals surface area contributed by atoms with E-state index in [0.717, 1.165) is 61.2 Å². The molecule has 4 rings (SSSR count). The molecule has 0 saturated carbocycles. The molecule has 6 heteroatoms. The topological polar surface area (TPSA) is 36.7 Å². The fraction of sp³-hybridized carbons (Fsp3) is 0.280. The average molecular weight is 434 g/mol. The minimum Gasteiger partial charge on any atom is -0.304 e. The van der Waals surface area contributed by atoms with Gasteiger partial charge >= 0.3 is 0 Å². The highest BCUT2D eigenvalue weighted by Crippen LogP contribution is 2.29. The van der Waals surface area contributed by atoms with Crippen LogP contribution in [0.15, 0.2) is 59.7 Å². The lowest BCUT2D eigenvalue weighted by Gasteiger charge is -2.32. The van der Waals surface area contributed by atoms with Gasteiger partial charge in [0.1, 0.15) is 5.82 Å². The molecule has 0 atom stereocenters. The van der Waals surface area contributed by atoms with Gasteiger partial charge in [-0.1, -0.05) is 29.8 Å². The number of aromatic nitrogens is 2. The van der Waals surface area contributed by atoms with Crippen LogP contribution in [0, 0.1) is 6.92 Å². The van der Waals surface area contributed by atoms with Gasteiger partial charge in [-0.3, -0.25) is 14.5 Å². The molecule has 160 valence electrons. The predicted molar refractivity (Wildman–Crippen MR) is 130 cm³/mol. The van der Waals surface area contributed by atoms with E-state index in [2.05, 4.69) is 64.3 Å². The molecule has 31 heavy (non-hydrogen) atoms. The second kappa shape index (κ2) is 9.60. The zero-order chi connectivity index (χ0) is 21.8. The molecule has 3 aromatic rings. The van der Waals surface area contributed by atoms with E-state index in [9.17, 15) is 0 Å². The summed E-state index contributed by atoms with van der Waals surface area (Å²) in [4.78, 5) is 13.7. The monoisotopic (exact) mass is 433 g/mol. The van der Waals surface area contributed by atoms with Crippen molar-refractivity contribution >= 4 is 24.4 Å². The van der Waals surface area contributed by atoms with Gasteiger partial charge in [0.2, 0.25) is 0 Å². The molecule has 0 aliphatic carbocycles. The van der Waals surface area contributed by atoms with Crippen LogP contribution in [0.4, 0.5) is 0 Å². The van der Waals surface area contributed by atoms with E-state index in [1.807, 2.05) is 30.3 Å². The molecular formula is C25H28ClN5. The number of piperazine rings is 1. The Morgan fingerprint density at radius 3 is 2.55 bits per heavy atom. The molecular weight excluding hydrogens is 406 g/mol. The standard InChI is InChI=1S/C25H28ClN5/c1-19-24(11-12-27-2)28-25(31(19)23-9-7-22(26)8-10-23)21-6-4-5-20(17-21)18-30-15-13-29(3)14-16-30/h4-12,17H,2,13-16,18H2,1,3H3/b12-11-. The number of nitrogens with zero attached hydrogens (tertiary/aromatic N) is 5. The first kappa shape index (κ1) is 21.5. The lowest BCUT2D eigenvalue weighted by Crippen LogP contribution is -2.43. The van der Waals surface area contributed by atoms with Crippen molar-refractivity contribution in [2.75, 3.05) is 33.2 Å². The van der Waals surface area contributed by atoms with E-state index in [0.29, 0.717) is 5.02 Å². The van der Waals surface area contributed by atoms with E-state index in [1.54, 1.807) is 6.20 Å².